The standard InChI is InChI=1S/C26H27FN4O2S/c27-19-12-18(17-7-9-33-10-8-17)13-22-25(19)31(15-28-22)14-16-5-6-21-24(11-16)34-26(30-21)29-20-3-1-2-4-23(20)32/h5-7,11-13,15,20,23,32H,1-4,8-10,14H2,(H,29,30)/t20-,23-/m1/s1. The molecular weight excluding hydrogens is 451 g/mol. The fourth-order valence-corrected chi connectivity index (χ4v) is 6.01. The smallest absolute Gasteiger partial charge is 0.184 e. The van der Waals surface area contributed by atoms with E-state index in [2.05, 4.69) is 16.4 Å². The summed E-state index contributed by atoms with van der Waals surface area (Å²) >= 11 is 1.60. The number of benzene rings is 2. The Balaban J connectivity index is 1.25. The molecule has 0 radical (unpaired) electrons. The van der Waals surface area contributed by atoms with Crippen molar-refractivity contribution in [1.82, 2.24) is 14.5 Å². The first-order valence-corrected chi connectivity index (χ1v) is 12.7. The van der Waals surface area contributed by atoms with Crippen molar-refractivity contribution in [3.8, 4) is 0 Å². The van der Waals surface area contributed by atoms with Crippen molar-refractivity contribution < 1.29 is 14.2 Å². The van der Waals surface area contributed by atoms with Crippen LogP contribution in [-0.4, -0.2) is 45.0 Å². The van der Waals surface area contributed by atoms with E-state index in [1.807, 2.05) is 28.8 Å². The molecule has 34 heavy (non-hydrogen) atoms. The zero-order valence-corrected chi connectivity index (χ0v) is 19.7. The van der Waals surface area contributed by atoms with E-state index >= 15 is 4.39 Å². The van der Waals surface area contributed by atoms with Crippen molar-refractivity contribution >= 4 is 43.3 Å². The van der Waals surface area contributed by atoms with Crippen LogP contribution in [0.1, 0.15) is 43.2 Å². The summed E-state index contributed by atoms with van der Waals surface area (Å²) < 4.78 is 23.5. The predicted molar refractivity (Wildman–Crippen MR) is 134 cm³/mol. The molecule has 2 aromatic carbocycles. The molecule has 2 aliphatic rings. The van der Waals surface area contributed by atoms with Gasteiger partial charge < -0.3 is 19.7 Å². The van der Waals surface area contributed by atoms with E-state index in [4.69, 9.17) is 9.72 Å². The summed E-state index contributed by atoms with van der Waals surface area (Å²) in [4.78, 5) is 9.19. The molecule has 176 valence electrons. The molecule has 2 aromatic heterocycles. The monoisotopic (exact) mass is 478 g/mol. The second kappa shape index (κ2) is 9.09. The van der Waals surface area contributed by atoms with Crippen LogP contribution < -0.4 is 5.32 Å². The highest BCUT2D eigenvalue weighted by molar-refractivity contribution is 7.22. The molecule has 6 rings (SSSR count). The van der Waals surface area contributed by atoms with Crippen molar-refractivity contribution in [1.29, 1.82) is 0 Å². The van der Waals surface area contributed by atoms with Crippen molar-refractivity contribution in [2.24, 2.45) is 0 Å². The van der Waals surface area contributed by atoms with E-state index in [0.29, 0.717) is 30.8 Å². The lowest BCUT2D eigenvalue weighted by molar-refractivity contribution is 0.116. The molecular formula is C26H27FN4O2S. The lowest BCUT2D eigenvalue weighted by Gasteiger charge is -2.27. The second-order valence-corrected chi connectivity index (χ2v) is 10.2. The average molecular weight is 479 g/mol. The fourth-order valence-electron chi connectivity index (χ4n) is 5.02. The van der Waals surface area contributed by atoms with Gasteiger partial charge in [-0.05, 0) is 60.2 Å². The van der Waals surface area contributed by atoms with Gasteiger partial charge in [0.15, 0.2) is 5.13 Å². The Morgan fingerprint density at radius 1 is 1.18 bits per heavy atom. The number of aliphatic hydroxyl groups excluding tert-OH is 1. The molecule has 8 heteroatoms. The van der Waals surface area contributed by atoms with Crippen LogP contribution in [0.4, 0.5) is 9.52 Å². The molecule has 3 heterocycles. The number of hydrogen-bond donors (Lipinski definition) is 2. The summed E-state index contributed by atoms with van der Waals surface area (Å²) in [7, 11) is 0. The average Bonchev–Trinajstić information content (AvgIpc) is 3.44. The zero-order valence-electron chi connectivity index (χ0n) is 18.8. The molecule has 0 saturated heterocycles. The SMILES string of the molecule is O[C@@H]1CCCC[C@H]1Nc1nc2ccc(Cn3cnc4cc(C5=CCOCC5)cc(F)c43)cc2s1. The topological polar surface area (TPSA) is 72.2 Å². The number of nitrogens with zero attached hydrogens (tertiary/aromatic N) is 3. The van der Waals surface area contributed by atoms with Gasteiger partial charge in [-0.3, -0.25) is 0 Å². The molecule has 1 saturated carbocycles. The van der Waals surface area contributed by atoms with E-state index in [-0.39, 0.29) is 18.0 Å². The third-order valence-corrected chi connectivity index (χ3v) is 7.79. The van der Waals surface area contributed by atoms with Gasteiger partial charge in [-0.2, -0.15) is 0 Å². The predicted octanol–water partition coefficient (Wildman–Crippen LogP) is 5.35. The lowest BCUT2D eigenvalue weighted by Crippen LogP contribution is -2.36. The number of nitrogens with one attached hydrogen (secondary N) is 1. The van der Waals surface area contributed by atoms with Crippen LogP contribution in [-0.2, 0) is 11.3 Å². The Morgan fingerprint density at radius 3 is 2.94 bits per heavy atom. The van der Waals surface area contributed by atoms with Gasteiger partial charge in [-0.25, -0.2) is 14.4 Å². The molecule has 6 nitrogen and oxygen atoms in total. The van der Waals surface area contributed by atoms with Crippen LogP contribution in [0, 0.1) is 5.82 Å². The molecule has 0 spiro atoms. The normalized spacial score (nSPS) is 21.2. The molecule has 1 fully saturated rings. The van der Waals surface area contributed by atoms with E-state index < -0.39 is 0 Å². The Morgan fingerprint density at radius 2 is 2.09 bits per heavy atom. The molecule has 1 aliphatic carbocycles. The maximum absolute atomic E-state index is 15.2. The van der Waals surface area contributed by atoms with Gasteiger partial charge in [0.05, 0.1) is 47.4 Å². The Labute approximate surface area is 201 Å². The van der Waals surface area contributed by atoms with Gasteiger partial charge in [-0.1, -0.05) is 36.3 Å². The first-order chi connectivity index (χ1) is 16.6. The van der Waals surface area contributed by atoms with Crippen LogP contribution in [0.5, 0.6) is 0 Å². The highest BCUT2D eigenvalue weighted by Gasteiger charge is 2.23. The molecule has 2 N–H and O–H groups in total. The van der Waals surface area contributed by atoms with Crippen LogP contribution in [0.25, 0.3) is 26.8 Å². The van der Waals surface area contributed by atoms with Gasteiger partial charge in [-0.15, -0.1) is 0 Å². The molecule has 0 unspecified atom stereocenters. The van der Waals surface area contributed by atoms with Gasteiger partial charge in [0.25, 0.3) is 0 Å². The third kappa shape index (κ3) is 4.21. The van der Waals surface area contributed by atoms with Crippen LogP contribution in [0.15, 0.2) is 42.7 Å². The summed E-state index contributed by atoms with van der Waals surface area (Å²) in [5.74, 6) is -0.256. The summed E-state index contributed by atoms with van der Waals surface area (Å²) in [6.07, 6.45) is 8.23. The maximum Gasteiger partial charge on any atom is 0.184 e. The first-order valence-electron chi connectivity index (χ1n) is 11.9. The number of aliphatic hydroxyl groups is 1. The van der Waals surface area contributed by atoms with Crippen molar-refractivity contribution in [3.05, 3.63) is 59.7 Å². The second-order valence-electron chi connectivity index (χ2n) is 9.18. The minimum absolute atomic E-state index is 0.0656. The Kier molecular flexibility index (Phi) is 5.80. The number of hydrogen-bond acceptors (Lipinski definition) is 6. The highest BCUT2D eigenvalue weighted by Crippen LogP contribution is 2.31. The van der Waals surface area contributed by atoms with Crippen molar-refractivity contribution in [2.45, 2.75) is 50.8 Å². The minimum atomic E-state index is -0.316. The van der Waals surface area contributed by atoms with E-state index in [1.54, 1.807) is 23.7 Å². The summed E-state index contributed by atoms with van der Waals surface area (Å²) in [5, 5.41) is 14.5. The third-order valence-electron chi connectivity index (χ3n) is 6.84. The largest absolute Gasteiger partial charge is 0.391 e. The number of fused-ring (bicyclic) bond motifs is 2. The molecule has 0 amide bonds. The molecule has 1 aliphatic heterocycles. The number of imidazole rings is 1. The number of halogens is 1. The van der Waals surface area contributed by atoms with Crippen LogP contribution in [0.3, 0.4) is 0 Å². The van der Waals surface area contributed by atoms with Gasteiger partial charge in [0, 0.05) is 6.54 Å². The van der Waals surface area contributed by atoms with E-state index in [1.165, 1.54) is 0 Å². The Hall–Kier alpha value is -2.81. The summed E-state index contributed by atoms with van der Waals surface area (Å²) in [5.41, 5.74) is 5.18. The highest BCUT2D eigenvalue weighted by atomic mass is 32.1. The number of anilines is 1. The summed E-state index contributed by atoms with van der Waals surface area (Å²) in [6, 6.07) is 9.80. The van der Waals surface area contributed by atoms with Gasteiger partial charge in [0.1, 0.15) is 11.3 Å². The number of rotatable bonds is 5. The van der Waals surface area contributed by atoms with E-state index in [9.17, 15) is 5.11 Å². The maximum atomic E-state index is 15.2. The lowest BCUT2D eigenvalue weighted by atomic mass is 9.93. The Bertz CT molecular complexity index is 1380. The number of aromatic nitrogens is 3. The van der Waals surface area contributed by atoms with Crippen molar-refractivity contribution in [3.63, 3.8) is 0 Å². The number of thiazole rings is 1. The number of ether oxygens (including phenoxy) is 1. The zero-order chi connectivity index (χ0) is 23.1. The fraction of sp³-hybridized carbons (Fsp3) is 0.385. The van der Waals surface area contributed by atoms with Crippen molar-refractivity contribution in [2.75, 3.05) is 18.5 Å². The molecule has 0 bridgehead atoms. The van der Waals surface area contributed by atoms with Crippen LogP contribution >= 0.6 is 11.3 Å². The van der Waals surface area contributed by atoms with Crippen LogP contribution in [0.2, 0.25) is 0 Å². The minimum Gasteiger partial charge on any atom is -0.391 e. The first kappa shape index (κ1) is 21.7. The van der Waals surface area contributed by atoms with Gasteiger partial charge in [0.2, 0.25) is 0 Å². The molecule has 4 aromatic rings. The van der Waals surface area contributed by atoms with Gasteiger partial charge >= 0.3 is 0 Å². The summed E-state index contributed by atoms with van der Waals surface area (Å²) in [6.45, 7) is 1.77. The van der Waals surface area contributed by atoms with E-state index in [0.717, 1.165) is 64.2 Å². The molecule has 2 atom stereocenters. The quantitative estimate of drug-likeness (QED) is 0.404.